The molecule has 2 amide bonds. The van der Waals surface area contributed by atoms with Crippen molar-refractivity contribution >= 4 is 45.6 Å². The van der Waals surface area contributed by atoms with Gasteiger partial charge in [0.25, 0.3) is 11.8 Å². The van der Waals surface area contributed by atoms with Gasteiger partial charge < -0.3 is 14.8 Å². The molecule has 1 unspecified atom stereocenters. The molecule has 0 aliphatic heterocycles. The van der Waals surface area contributed by atoms with Gasteiger partial charge in [0, 0.05) is 5.02 Å². The zero-order chi connectivity index (χ0) is 26.9. The normalized spacial score (nSPS) is 11.9. The highest BCUT2D eigenvalue weighted by atomic mass is 79.9. The molecule has 194 valence electrons. The van der Waals surface area contributed by atoms with Crippen LogP contribution in [0.15, 0.2) is 70.2 Å². The second kappa shape index (κ2) is 13.2. The van der Waals surface area contributed by atoms with Gasteiger partial charge in [-0.15, -0.1) is 0 Å². The largest absolute Gasteiger partial charge is 0.493 e. The molecule has 0 aliphatic rings. The van der Waals surface area contributed by atoms with Crippen LogP contribution in [0.25, 0.3) is 0 Å². The molecule has 0 bridgehead atoms. The maximum atomic E-state index is 13.9. The Kier molecular flexibility index (Phi) is 10.0. The zero-order valence-electron chi connectivity index (χ0n) is 20.4. The van der Waals surface area contributed by atoms with Crippen molar-refractivity contribution in [1.82, 2.24) is 10.7 Å². The molecule has 2 N–H and O–H groups in total. The third-order valence-electron chi connectivity index (χ3n) is 5.29. The van der Waals surface area contributed by atoms with Gasteiger partial charge in [-0.2, -0.15) is 5.10 Å². The van der Waals surface area contributed by atoms with E-state index < -0.39 is 23.7 Å². The Morgan fingerprint density at radius 1 is 1.14 bits per heavy atom. The number of benzene rings is 3. The molecule has 37 heavy (non-hydrogen) atoms. The van der Waals surface area contributed by atoms with Crippen molar-refractivity contribution in [1.29, 1.82) is 0 Å². The SMILES string of the molecule is COc1cc(C=NNC(=O)C(NC(=O)c2ccccc2F)C(C)C)cc(Br)c1OCc1ccc(Cl)cc1. The first-order chi connectivity index (χ1) is 17.7. The number of methoxy groups -OCH3 is 1. The van der Waals surface area contributed by atoms with Gasteiger partial charge in [0.15, 0.2) is 11.5 Å². The first-order valence-electron chi connectivity index (χ1n) is 11.3. The van der Waals surface area contributed by atoms with Gasteiger partial charge in [0.05, 0.1) is 23.4 Å². The van der Waals surface area contributed by atoms with Crippen molar-refractivity contribution < 1.29 is 23.5 Å². The van der Waals surface area contributed by atoms with E-state index >= 15 is 0 Å². The molecule has 0 fully saturated rings. The Morgan fingerprint density at radius 3 is 2.49 bits per heavy atom. The lowest BCUT2D eigenvalue weighted by molar-refractivity contribution is -0.123. The number of ether oxygens (including phenoxy) is 2. The van der Waals surface area contributed by atoms with Gasteiger partial charge in [0.2, 0.25) is 0 Å². The maximum Gasteiger partial charge on any atom is 0.262 e. The van der Waals surface area contributed by atoms with E-state index in [4.69, 9.17) is 21.1 Å². The van der Waals surface area contributed by atoms with Crippen molar-refractivity contribution in [2.24, 2.45) is 11.0 Å². The third-order valence-corrected chi connectivity index (χ3v) is 6.13. The monoisotopic (exact) mass is 589 g/mol. The predicted octanol–water partition coefficient (Wildman–Crippen LogP) is 5.73. The minimum absolute atomic E-state index is 0.139. The topological polar surface area (TPSA) is 89.0 Å². The van der Waals surface area contributed by atoms with E-state index in [1.165, 1.54) is 31.5 Å². The molecule has 3 aromatic carbocycles. The van der Waals surface area contributed by atoms with E-state index in [0.29, 0.717) is 33.2 Å². The molecular formula is C27H26BrClFN3O4. The van der Waals surface area contributed by atoms with E-state index in [2.05, 4.69) is 31.8 Å². The first kappa shape index (κ1) is 28.1. The van der Waals surface area contributed by atoms with Crippen LogP contribution in [-0.2, 0) is 11.4 Å². The van der Waals surface area contributed by atoms with Crippen molar-refractivity contribution in [3.8, 4) is 11.5 Å². The molecule has 10 heteroatoms. The molecule has 0 spiro atoms. The standard InChI is InChI=1S/C27H26BrClFN3O4/c1-16(2)24(32-26(34)20-6-4-5-7-22(20)30)27(35)33-31-14-18-12-21(28)25(23(13-18)36-3)37-15-17-8-10-19(29)11-9-17/h4-14,16,24H,15H2,1-3H3,(H,32,34)(H,33,35). The Morgan fingerprint density at radius 2 is 1.84 bits per heavy atom. The van der Waals surface area contributed by atoms with Gasteiger partial charge in [0.1, 0.15) is 18.5 Å². The number of hydrazone groups is 1. The summed E-state index contributed by atoms with van der Waals surface area (Å²) in [5.41, 5.74) is 3.85. The number of carbonyl (C=O) groups is 2. The van der Waals surface area contributed by atoms with Crippen LogP contribution in [0.1, 0.15) is 35.3 Å². The van der Waals surface area contributed by atoms with Crippen LogP contribution < -0.4 is 20.2 Å². The molecule has 3 aromatic rings. The predicted molar refractivity (Wildman–Crippen MR) is 145 cm³/mol. The molecule has 1 atom stereocenters. The molecule has 7 nitrogen and oxygen atoms in total. The van der Waals surface area contributed by atoms with Crippen LogP contribution in [0.5, 0.6) is 11.5 Å². The summed E-state index contributed by atoms with van der Waals surface area (Å²) < 4.78 is 26.0. The second-order valence-corrected chi connectivity index (χ2v) is 9.65. The summed E-state index contributed by atoms with van der Waals surface area (Å²) in [6, 6.07) is 15.4. The van der Waals surface area contributed by atoms with Crippen molar-refractivity contribution in [2.45, 2.75) is 26.5 Å². The quantitative estimate of drug-likeness (QED) is 0.233. The van der Waals surface area contributed by atoms with Crippen LogP contribution in [0.2, 0.25) is 5.02 Å². The average molecular weight is 591 g/mol. The van der Waals surface area contributed by atoms with E-state index in [1.54, 1.807) is 44.2 Å². The van der Waals surface area contributed by atoms with Gasteiger partial charge >= 0.3 is 0 Å². The van der Waals surface area contributed by atoms with Crippen molar-refractivity contribution in [3.63, 3.8) is 0 Å². The molecular weight excluding hydrogens is 565 g/mol. The number of nitrogens with zero attached hydrogens (tertiary/aromatic N) is 1. The fraction of sp³-hybridized carbons (Fsp3) is 0.222. The number of amides is 2. The van der Waals surface area contributed by atoms with E-state index in [9.17, 15) is 14.0 Å². The molecule has 0 aromatic heterocycles. The number of rotatable bonds is 10. The Hall–Kier alpha value is -3.43. The van der Waals surface area contributed by atoms with Crippen molar-refractivity contribution in [3.05, 3.63) is 92.7 Å². The number of hydrogen-bond donors (Lipinski definition) is 2. The van der Waals surface area contributed by atoms with Gasteiger partial charge in [-0.25, -0.2) is 9.82 Å². The van der Waals surface area contributed by atoms with Crippen LogP contribution in [0.4, 0.5) is 4.39 Å². The summed E-state index contributed by atoms with van der Waals surface area (Å²) >= 11 is 9.42. The zero-order valence-corrected chi connectivity index (χ0v) is 22.8. The minimum Gasteiger partial charge on any atom is -0.493 e. The number of carbonyl (C=O) groups excluding carboxylic acids is 2. The van der Waals surface area contributed by atoms with Crippen LogP contribution in [0.3, 0.4) is 0 Å². The number of hydrogen-bond acceptors (Lipinski definition) is 5. The van der Waals surface area contributed by atoms with E-state index in [-0.39, 0.29) is 11.5 Å². The van der Waals surface area contributed by atoms with Crippen LogP contribution in [-0.4, -0.2) is 31.2 Å². The Balaban J connectivity index is 1.66. The molecule has 0 aliphatic carbocycles. The highest BCUT2D eigenvalue weighted by Crippen LogP contribution is 2.37. The van der Waals surface area contributed by atoms with E-state index in [0.717, 1.165) is 5.56 Å². The third kappa shape index (κ3) is 7.77. The van der Waals surface area contributed by atoms with Crippen molar-refractivity contribution in [2.75, 3.05) is 7.11 Å². The highest BCUT2D eigenvalue weighted by molar-refractivity contribution is 9.10. The average Bonchev–Trinajstić information content (AvgIpc) is 2.87. The summed E-state index contributed by atoms with van der Waals surface area (Å²) in [6.45, 7) is 3.84. The minimum atomic E-state index is -0.922. The van der Waals surface area contributed by atoms with Gasteiger partial charge in [-0.3, -0.25) is 9.59 Å². The first-order valence-corrected chi connectivity index (χ1v) is 12.5. The summed E-state index contributed by atoms with van der Waals surface area (Å²) in [5.74, 6) is -1.18. The summed E-state index contributed by atoms with van der Waals surface area (Å²) in [7, 11) is 1.52. The van der Waals surface area contributed by atoms with E-state index in [1.807, 2.05) is 12.1 Å². The summed E-state index contributed by atoms with van der Waals surface area (Å²) in [6.07, 6.45) is 1.43. The fourth-order valence-electron chi connectivity index (χ4n) is 3.33. The molecule has 0 saturated heterocycles. The number of halogens is 3. The van der Waals surface area contributed by atoms with Gasteiger partial charge in [-0.05, 0) is 69.4 Å². The highest BCUT2D eigenvalue weighted by Gasteiger charge is 2.25. The summed E-state index contributed by atoms with van der Waals surface area (Å²) in [4.78, 5) is 25.2. The summed E-state index contributed by atoms with van der Waals surface area (Å²) in [5, 5.41) is 7.23. The van der Waals surface area contributed by atoms with Crippen LogP contribution >= 0.6 is 27.5 Å². The lowest BCUT2D eigenvalue weighted by atomic mass is 10.0. The Bertz CT molecular complexity index is 1290. The molecule has 3 rings (SSSR count). The Labute approximate surface area is 228 Å². The molecule has 0 saturated carbocycles. The number of nitrogens with one attached hydrogen (secondary N) is 2. The lowest BCUT2D eigenvalue weighted by Crippen LogP contribution is -2.48. The maximum absolute atomic E-state index is 13.9. The van der Waals surface area contributed by atoms with Gasteiger partial charge in [-0.1, -0.05) is 49.7 Å². The van der Waals surface area contributed by atoms with Crippen LogP contribution in [0, 0.1) is 11.7 Å². The second-order valence-electron chi connectivity index (χ2n) is 8.36. The molecule has 0 radical (unpaired) electrons. The lowest BCUT2D eigenvalue weighted by Gasteiger charge is -2.20. The smallest absolute Gasteiger partial charge is 0.262 e. The fourth-order valence-corrected chi connectivity index (χ4v) is 4.03. The molecule has 0 heterocycles.